The van der Waals surface area contributed by atoms with Crippen molar-refractivity contribution in [3.05, 3.63) is 0 Å². The Morgan fingerprint density at radius 1 is 1.00 bits per heavy atom. The van der Waals surface area contributed by atoms with Crippen LogP contribution in [0.25, 0.3) is 0 Å². The number of carbonyl (C=O) groups is 2. The minimum Gasteiger partial charge on any atom is -0.464 e. The fraction of sp³-hybridized carbons (Fsp3) is 0.818. The van der Waals surface area contributed by atoms with Crippen LogP contribution in [0, 0.1) is 0 Å². The predicted molar refractivity (Wildman–Crippen MR) is 57.9 cm³/mol. The molecule has 16 heavy (non-hydrogen) atoms. The maximum Gasteiger partial charge on any atom is 0.347 e. The quantitative estimate of drug-likeness (QED) is 0.528. The van der Waals surface area contributed by atoms with E-state index in [1.807, 2.05) is 0 Å². The Labute approximate surface area is 96.1 Å². The molecule has 0 aromatic rings. The van der Waals surface area contributed by atoms with Crippen LogP contribution < -0.4 is 0 Å². The molecule has 0 aromatic carbocycles. The van der Waals surface area contributed by atoms with Crippen LogP contribution in [-0.4, -0.2) is 36.9 Å². The Balaban J connectivity index is 4.62. The molecule has 0 amide bonds. The summed E-state index contributed by atoms with van der Waals surface area (Å²) in [5.41, 5.74) is -0.621. The third-order valence-corrected chi connectivity index (χ3v) is 1.47. The summed E-state index contributed by atoms with van der Waals surface area (Å²) in [4.78, 5) is 23.0. The predicted octanol–water partition coefficient (Wildman–Crippen LogP) is 1.30. The Hall–Kier alpha value is -1.10. The van der Waals surface area contributed by atoms with E-state index in [0.29, 0.717) is 0 Å². The van der Waals surface area contributed by atoms with Crippen molar-refractivity contribution < 1.29 is 23.8 Å². The summed E-state index contributed by atoms with van der Waals surface area (Å²) in [6.07, 6.45) is -1.31. The highest BCUT2D eigenvalue weighted by Gasteiger charge is 2.34. The van der Waals surface area contributed by atoms with E-state index >= 15 is 0 Å². The van der Waals surface area contributed by atoms with Crippen molar-refractivity contribution in [3.63, 3.8) is 0 Å². The average molecular weight is 232 g/mol. The highest BCUT2D eigenvalue weighted by molar-refractivity contribution is 5.98. The van der Waals surface area contributed by atoms with Crippen molar-refractivity contribution in [2.45, 2.75) is 46.3 Å². The van der Waals surface area contributed by atoms with Crippen molar-refractivity contribution in [3.8, 4) is 0 Å². The molecule has 0 fully saturated rings. The van der Waals surface area contributed by atoms with Gasteiger partial charge in [-0.25, -0.2) is 9.59 Å². The fourth-order valence-electron chi connectivity index (χ4n) is 0.982. The summed E-state index contributed by atoms with van der Waals surface area (Å²) in [5, 5.41) is 0. The molecule has 0 N–H and O–H groups in total. The lowest BCUT2D eigenvalue weighted by molar-refractivity contribution is -0.182. The number of rotatable bonds is 5. The second kappa shape index (κ2) is 6.48. The van der Waals surface area contributed by atoms with Gasteiger partial charge in [0.1, 0.15) is 0 Å². The van der Waals surface area contributed by atoms with E-state index in [0.717, 1.165) is 0 Å². The van der Waals surface area contributed by atoms with E-state index in [-0.39, 0.29) is 13.2 Å². The standard InChI is InChI=1S/C11H20O5/c1-6-14-9(12)8(10(13)15-7-2)16-11(3,4)5/h8H,6-7H2,1-5H3. The first-order chi connectivity index (χ1) is 7.31. The molecular formula is C11H20O5. The molecule has 0 aliphatic carbocycles. The van der Waals surface area contributed by atoms with Crippen LogP contribution in [0.15, 0.2) is 0 Å². The normalized spacial score (nSPS) is 11.4. The maximum absolute atomic E-state index is 11.5. The lowest BCUT2D eigenvalue weighted by atomic mass is 10.2. The molecule has 94 valence electrons. The summed E-state index contributed by atoms with van der Waals surface area (Å²) in [5.74, 6) is -1.42. The highest BCUT2D eigenvalue weighted by atomic mass is 16.6. The molecule has 0 rings (SSSR count). The molecule has 0 unspecified atom stereocenters. The lowest BCUT2D eigenvalue weighted by Gasteiger charge is -2.24. The molecule has 0 aliphatic rings. The van der Waals surface area contributed by atoms with Gasteiger partial charge in [0.2, 0.25) is 0 Å². The molecule has 5 nitrogen and oxygen atoms in total. The zero-order valence-corrected chi connectivity index (χ0v) is 10.5. The van der Waals surface area contributed by atoms with Crippen molar-refractivity contribution in [1.82, 2.24) is 0 Å². The van der Waals surface area contributed by atoms with E-state index in [1.54, 1.807) is 34.6 Å². The lowest BCUT2D eigenvalue weighted by Crippen LogP contribution is -2.41. The van der Waals surface area contributed by atoms with Crippen molar-refractivity contribution >= 4 is 11.9 Å². The summed E-state index contributed by atoms with van der Waals surface area (Å²) in [6.45, 7) is 8.97. The topological polar surface area (TPSA) is 61.8 Å². The van der Waals surface area contributed by atoms with Gasteiger partial charge in [-0.3, -0.25) is 0 Å². The summed E-state index contributed by atoms with van der Waals surface area (Å²) < 4.78 is 14.8. The molecule has 0 aliphatic heterocycles. The van der Waals surface area contributed by atoms with Crippen LogP contribution >= 0.6 is 0 Å². The first kappa shape index (κ1) is 14.9. The maximum atomic E-state index is 11.5. The number of hydrogen-bond donors (Lipinski definition) is 0. The van der Waals surface area contributed by atoms with E-state index in [4.69, 9.17) is 14.2 Å². The van der Waals surface area contributed by atoms with Gasteiger partial charge in [0.15, 0.2) is 0 Å². The molecular weight excluding hydrogens is 212 g/mol. The van der Waals surface area contributed by atoms with E-state index in [1.165, 1.54) is 0 Å². The first-order valence-electron chi connectivity index (χ1n) is 5.33. The molecule has 0 bridgehead atoms. The molecule has 0 spiro atoms. The van der Waals surface area contributed by atoms with Crippen molar-refractivity contribution in [2.24, 2.45) is 0 Å². The van der Waals surface area contributed by atoms with Gasteiger partial charge >= 0.3 is 11.9 Å². The van der Waals surface area contributed by atoms with Gasteiger partial charge in [-0.05, 0) is 34.6 Å². The van der Waals surface area contributed by atoms with E-state index in [9.17, 15) is 9.59 Å². The second-order valence-electron chi connectivity index (χ2n) is 4.11. The number of ether oxygens (including phenoxy) is 3. The Bertz CT molecular complexity index is 223. The average Bonchev–Trinajstić information content (AvgIpc) is 2.13. The van der Waals surface area contributed by atoms with Crippen molar-refractivity contribution in [2.75, 3.05) is 13.2 Å². The van der Waals surface area contributed by atoms with Crippen LogP contribution in [-0.2, 0) is 23.8 Å². The van der Waals surface area contributed by atoms with Crippen LogP contribution in [0.2, 0.25) is 0 Å². The Morgan fingerprint density at radius 2 is 1.38 bits per heavy atom. The first-order valence-corrected chi connectivity index (χ1v) is 5.33. The largest absolute Gasteiger partial charge is 0.464 e. The van der Waals surface area contributed by atoms with Crippen LogP contribution in [0.5, 0.6) is 0 Å². The molecule has 0 saturated heterocycles. The number of carbonyl (C=O) groups excluding carboxylic acids is 2. The third kappa shape index (κ3) is 5.70. The van der Waals surface area contributed by atoms with Gasteiger partial charge in [-0.2, -0.15) is 0 Å². The molecule has 0 saturated carbocycles. The fourth-order valence-corrected chi connectivity index (χ4v) is 0.982. The zero-order chi connectivity index (χ0) is 12.8. The summed E-state index contributed by atoms with van der Waals surface area (Å²) in [7, 11) is 0. The van der Waals surface area contributed by atoms with Gasteiger partial charge in [0.05, 0.1) is 18.8 Å². The molecule has 0 radical (unpaired) electrons. The summed E-state index contributed by atoms with van der Waals surface area (Å²) in [6, 6.07) is 0. The molecule has 5 heteroatoms. The number of esters is 2. The van der Waals surface area contributed by atoms with Gasteiger partial charge in [-0.15, -0.1) is 0 Å². The van der Waals surface area contributed by atoms with Gasteiger partial charge in [0, 0.05) is 0 Å². The smallest absolute Gasteiger partial charge is 0.347 e. The zero-order valence-electron chi connectivity index (χ0n) is 10.5. The minimum atomic E-state index is -1.31. The Morgan fingerprint density at radius 3 is 1.62 bits per heavy atom. The Kier molecular flexibility index (Phi) is 6.03. The summed E-state index contributed by atoms with van der Waals surface area (Å²) >= 11 is 0. The van der Waals surface area contributed by atoms with E-state index in [2.05, 4.69) is 0 Å². The second-order valence-corrected chi connectivity index (χ2v) is 4.11. The van der Waals surface area contributed by atoms with Gasteiger partial charge in [-0.1, -0.05) is 0 Å². The molecule has 0 heterocycles. The minimum absolute atomic E-state index is 0.197. The molecule has 0 aromatic heterocycles. The van der Waals surface area contributed by atoms with Crippen molar-refractivity contribution in [1.29, 1.82) is 0 Å². The van der Waals surface area contributed by atoms with Crippen LogP contribution in [0.3, 0.4) is 0 Å². The SMILES string of the molecule is CCOC(=O)C(OC(C)(C)C)C(=O)OCC. The van der Waals surface area contributed by atoms with E-state index < -0.39 is 23.6 Å². The third-order valence-electron chi connectivity index (χ3n) is 1.47. The highest BCUT2D eigenvalue weighted by Crippen LogP contribution is 2.13. The molecule has 0 atom stereocenters. The van der Waals surface area contributed by atoms with Gasteiger partial charge in [0.25, 0.3) is 6.10 Å². The van der Waals surface area contributed by atoms with Gasteiger partial charge < -0.3 is 14.2 Å². The van der Waals surface area contributed by atoms with Crippen LogP contribution in [0.4, 0.5) is 0 Å². The number of hydrogen-bond acceptors (Lipinski definition) is 5. The van der Waals surface area contributed by atoms with Crippen LogP contribution in [0.1, 0.15) is 34.6 Å². The monoisotopic (exact) mass is 232 g/mol.